The second kappa shape index (κ2) is 8.20. The smallest absolute Gasteiger partial charge is 0.214 e. The van der Waals surface area contributed by atoms with Crippen LogP contribution in [0.15, 0.2) is 74.7 Å². The molecule has 7 heteroatoms. The number of halogens is 2. The molecule has 0 N–H and O–H groups in total. The van der Waals surface area contributed by atoms with Gasteiger partial charge in [0.1, 0.15) is 5.75 Å². The maximum absolute atomic E-state index is 6.53. The number of ether oxygens (including phenoxy) is 3. The largest absolute Gasteiger partial charge is 0.493 e. The van der Waals surface area contributed by atoms with E-state index >= 15 is 0 Å². The van der Waals surface area contributed by atoms with Crippen LogP contribution >= 0.6 is 31.9 Å². The van der Waals surface area contributed by atoms with Gasteiger partial charge >= 0.3 is 0 Å². The summed E-state index contributed by atoms with van der Waals surface area (Å²) in [5.41, 5.74) is 4.22. The number of fused-ring (bicyclic) bond motifs is 3. The molecule has 0 spiro atoms. The van der Waals surface area contributed by atoms with Crippen LogP contribution in [-0.4, -0.2) is 24.9 Å². The third kappa shape index (κ3) is 3.59. The zero-order valence-corrected chi connectivity index (χ0v) is 20.2. The van der Waals surface area contributed by atoms with Gasteiger partial charge in [-0.2, -0.15) is 5.10 Å². The molecule has 2 heterocycles. The van der Waals surface area contributed by atoms with Crippen molar-refractivity contribution < 1.29 is 14.2 Å². The van der Waals surface area contributed by atoms with Crippen molar-refractivity contribution in [1.82, 2.24) is 5.01 Å². The third-order valence-electron chi connectivity index (χ3n) is 5.61. The third-order valence-corrected chi connectivity index (χ3v) is 6.65. The van der Waals surface area contributed by atoms with E-state index in [1.807, 2.05) is 42.5 Å². The summed E-state index contributed by atoms with van der Waals surface area (Å²) in [7, 11) is 3.27. The van der Waals surface area contributed by atoms with E-state index in [1.54, 1.807) is 14.2 Å². The van der Waals surface area contributed by atoms with Crippen LogP contribution in [0.2, 0.25) is 0 Å². The van der Waals surface area contributed by atoms with E-state index in [1.165, 1.54) is 0 Å². The second-order valence-electron chi connectivity index (χ2n) is 7.40. The lowest BCUT2D eigenvalue weighted by atomic mass is 9.96. The van der Waals surface area contributed by atoms with Crippen molar-refractivity contribution in [3.05, 3.63) is 86.3 Å². The lowest BCUT2D eigenvalue weighted by Crippen LogP contribution is -2.34. The number of methoxy groups -OCH3 is 2. The van der Waals surface area contributed by atoms with Crippen molar-refractivity contribution in [2.75, 3.05) is 14.2 Å². The zero-order valence-electron chi connectivity index (χ0n) is 17.0. The topological polar surface area (TPSA) is 43.3 Å². The maximum Gasteiger partial charge on any atom is 0.214 e. The molecule has 0 fully saturated rings. The van der Waals surface area contributed by atoms with Gasteiger partial charge < -0.3 is 14.2 Å². The van der Waals surface area contributed by atoms with E-state index in [4.69, 9.17) is 19.3 Å². The van der Waals surface area contributed by atoms with Crippen molar-refractivity contribution in [1.29, 1.82) is 0 Å². The molecule has 0 bridgehead atoms. The quantitative estimate of drug-likeness (QED) is 0.378. The molecule has 0 aliphatic carbocycles. The van der Waals surface area contributed by atoms with Crippen molar-refractivity contribution in [3.8, 4) is 17.2 Å². The Morgan fingerprint density at radius 3 is 2.48 bits per heavy atom. The molecule has 31 heavy (non-hydrogen) atoms. The minimum absolute atomic E-state index is 0.0610. The van der Waals surface area contributed by atoms with E-state index in [-0.39, 0.29) is 6.04 Å². The normalized spacial score (nSPS) is 19.2. The molecule has 0 saturated heterocycles. The summed E-state index contributed by atoms with van der Waals surface area (Å²) in [4.78, 5) is 0. The van der Waals surface area contributed by atoms with Crippen LogP contribution in [0.3, 0.4) is 0 Å². The van der Waals surface area contributed by atoms with Crippen LogP contribution in [-0.2, 0) is 0 Å². The molecule has 2 unspecified atom stereocenters. The van der Waals surface area contributed by atoms with Crippen LogP contribution in [0.5, 0.6) is 17.2 Å². The van der Waals surface area contributed by atoms with E-state index in [2.05, 4.69) is 55.1 Å². The molecule has 2 atom stereocenters. The number of hydrazone groups is 1. The Labute approximate surface area is 197 Å². The standard InChI is InChI=1S/C24H20Br2N2O3/c1-29-21-9-8-15(10-22(21)30-2)24-28-20(13-19(27-28)14-6-4-3-5-7-14)17-11-16(25)12-18(26)23(17)31-24/h3-12,20,24H,13H2,1-2H3. The first-order valence-corrected chi connectivity index (χ1v) is 11.5. The number of hydrogen-bond acceptors (Lipinski definition) is 5. The summed E-state index contributed by atoms with van der Waals surface area (Å²) in [5, 5.41) is 7.08. The van der Waals surface area contributed by atoms with Gasteiger partial charge in [-0.25, -0.2) is 5.01 Å². The van der Waals surface area contributed by atoms with Gasteiger partial charge in [0, 0.05) is 22.0 Å². The Kier molecular flexibility index (Phi) is 5.40. The first-order chi connectivity index (χ1) is 15.1. The highest BCUT2D eigenvalue weighted by atomic mass is 79.9. The van der Waals surface area contributed by atoms with E-state index in [0.717, 1.165) is 43.5 Å². The van der Waals surface area contributed by atoms with Gasteiger partial charge in [0.25, 0.3) is 0 Å². The Morgan fingerprint density at radius 1 is 0.968 bits per heavy atom. The zero-order chi connectivity index (χ0) is 21.5. The molecule has 3 aromatic carbocycles. The number of hydrogen-bond donors (Lipinski definition) is 0. The summed E-state index contributed by atoms with van der Waals surface area (Å²) in [6.45, 7) is 0. The van der Waals surface area contributed by atoms with Crippen LogP contribution in [0.1, 0.15) is 35.4 Å². The minimum atomic E-state index is -0.393. The Balaban J connectivity index is 1.63. The van der Waals surface area contributed by atoms with Gasteiger partial charge in [-0.15, -0.1) is 0 Å². The minimum Gasteiger partial charge on any atom is -0.493 e. The number of nitrogens with zero attached hydrogens (tertiary/aromatic N) is 2. The van der Waals surface area contributed by atoms with Gasteiger partial charge in [-0.3, -0.25) is 0 Å². The molecule has 158 valence electrons. The molecule has 0 saturated carbocycles. The Bertz CT molecular complexity index is 1170. The molecule has 0 radical (unpaired) electrons. The lowest BCUT2D eigenvalue weighted by Gasteiger charge is -2.38. The van der Waals surface area contributed by atoms with Crippen LogP contribution in [0, 0.1) is 0 Å². The van der Waals surface area contributed by atoms with Gasteiger partial charge in [0.05, 0.1) is 30.4 Å². The first kappa shape index (κ1) is 20.4. The van der Waals surface area contributed by atoms with Crippen molar-refractivity contribution in [3.63, 3.8) is 0 Å². The highest BCUT2D eigenvalue weighted by Gasteiger charge is 2.42. The lowest BCUT2D eigenvalue weighted by molar-refractivity contribution is -0.0198. The van der Waals surface area contributed by atoms with Crippen LogP contribution in [0.25, 0.3) is 0 Å². The average Bonchev–Trinajstić information content (AvgIpc) is 3.25. The van der Waals surface area contributed by atoms with Crippen LogP contribution < -0.4 is 14.2 Å². The van der Waals surface area contributed by atoms with Gasteiger partial charge in [0.2, 0.25) is 6.23 Å². The van der Waals surface area contributed by atoms with Gasteiger partial charge in [-0.1, -0.05) is 46.3 Å². The van der Waals surface area contributed by atoms with Gasteiger partial charge in [-0.05, 0) is 51.8 Å². The highest BCUT2D eigenvalue weighted by Crippen LogP contribution is 2.51. The molecular weight excluding hydrogens is 524 g/mol. The summed E-state index contributed by atoms with van der Waals surface area (Å²) >= 11 is 7.31. The summed E-state index contributed by atoms with van der Waals surface area (Å²) in [6.07, 6.45) is 0.406. The predicted octanol–water partition coefficient (Wildman–Crippen LogP) is 6.47. The maximum atomic E-state index is 6.53. The SMILES string of the molecule is COc1ccc(C2Oc3c(Br)cc(Br)cc3C3CC(c4ccccc4)=NN32)cc1OC. The highest BCUT2D eigenvalue weighted by molar-refractivity contribution is 9.11. The number of rotatable bonds is 4. The summed E-state index contributed by atoms with van der Waals surface area (Å²) in [5.74, 6) is 2.18. The molecule has 2 aliphatic heterocycles. The average molecular weight is 544 g/mol. The summed E-state index contributed by atoms with van der Waals surface area (Å²) < 4.78 is 19.4. The molecule has 0 aromatic heterocycles. The van der Waals surface area contributed by atoms with Crippen molar-refractivity contribution in [2.24, 2.45) is 5.10 Å². The molecule has 2 aliphatic rings. The molecule has 0 amide bonds. The van der Waals surface area contributed by atoms with E-state index in [0.29, 0.717) is 11.5 Å². The van der Waals surface area contributed by atoms with E-state index in [9.17, 15) is 0 Å². The van der Waals surface area contributed by atoms with Crippen molar-refractivity contribution >= 4 is 37.6 Å². The van der Waals surface area contributed by atoms with Crippen molar-refractivity contribution in [2.45, 2.75) is 18.7 Å². The van der Waals surface area contributed by atoms with Gasteiger partial charge in [0.15, 0.2) is 11.5 Å². The molecule has 3 aromatic rings. The first-order valence-electron chi connectivity index (χ1n) is 9.88. The predicted molar refractivity (Wildman–Crippen MR) is 127 cm³/mol. The molecular formula is C24H20Br2N2O3. The monoisotopic (exact) mass is 542 g/mol. The molecule has 5 nitrogen and oxygen atoms in total. The second-order valence-corrected chi connectivity index (χ2v) is 9.17. The molecule has 5 rings (SSSR count). The Morgan fingerprint density at radius 2 is 1.74 bits per heavy atom. The number of benzene rings is 3. The fraction of sp³-hybridized carbons (Fsp3) is 0.208. The fourth-order valence-electron chi connectivity index (χ4n) is 4.15. The Hall–Kier alpha value is -2.51. The van der Waals surface area contributed by atoms with E-state index < -0.39 is 6.23 Å². The van der Waals surface area contributed by atoms with Crippen LogP contribution in [0.4, 0.5) is 0 Å². The fourth-order valence-corrected chi connectivity index (χ4v) is 5.50. The summed E-state index contributed by atoms with van der Waals surface area (Å²) in [6, 6.07) is 20.3.